The van der Waals surface area contributed by atoms with E-state index in [1.54, 1.807) is 0 Å². The Balaban J connectivity index is 2.39. The van der Waals surface area contributed by atoms with E-state index in [1.807, 2.05) is 0 Å². The van der Waals surface area contributed by atoms with E-state index >= 15 is 0 Å². The summed E-state index contributed by atoms with van der Waals surface area (Å²) in [5.41, 5.74) is 1.28. The molecule has 0 unspecified atom stereocenters. The molecule has 64 valence electrons. The Morgan fingerprint density at radius 3 is 2.36 bits per heavy atom. The number of piperazine rings is 1. The maximum atomic E-state index is 4.08. The molecule has 0 spiro atoms. The van der Waals surface area contributed by atoms with Gasteiger partial charge in [-0.25, -0.2) is 0 Å². The molecular formula is C9H18N2. The summed E-state index contributed by atoms with van der Waals surface area (Å²) in [6.07, 6.45) is 0. The second kappa shape index (κ2) is 3.77. The first-order chi connectivity index (χ1) is 5.22. The van der Waals surface area contributed by atoms with E-state index in [0.29, 0.717) is 5.92 Å². The normalized spacial score (nSPS) is 19.0. The molecule has 0 aromatic rings. The summed E-state index contributed by atoms with van der Waals surface area (Å²) in [5, 5.41) is 3.33. The van der Waals surface area contributed by atoms with E-state index in [9.17, 15) is 0 Å². The molecule has 1 rings (SSSR count). The van der Waals surface area contributed by atoms with Crippen LogP contribution in [0.3, 0.4) is 0 Å². The van der Waals surface area contributed by atoms with E-state index in [-0.39, 0.29) is 0 Å². The summed E-state index contributed by atoms with van der Waals surface area (Å²) in [5.74, 6) is 0.591. The molecule has 0 aromatic heterocycles. The van der Waals surface area contributed by atoms with Crippen LogP contribution in [0.15, 0.2) is 12.3 Å². The second-order valence-corrected chi connectivity index (χ2v) is 3.38. The minimum Gasteiger partial charge on any atom is -0.373 e. The quantitative estimate of drug-likeness (QED) is 0.640. The summed E-state index contributed by atoms with van der Waals surface area (Å²) >= 11 is 0. The standard InChI is InChI=1S/C9H18N2/c1-8(2)9(3)11-6-4-10-5-7-11/h8,10H,3-7H2,1-2H3. The number of nitrogens with one attached hydrogen (secondary N) is 1. The van der Waals surface area contributed by atoms with Crippen molar-refractivity contribution in [2.75, 3.05) is 26.2 Å². The first-order valence-electron chi connectivity index (χ1n) is 4.36. The van der Waals surface area contributed by atoms with Crippen LogP contribution in [0.25, 0.3) is 0 Å². The third-order valence-corrected chi connectivity index (χ3v) is 2.19. The van der Waals surface area contributed by atoms with Gasteiger partial charge in [-0.05, 0) is 5.92 Å². The third kappa shape index (κ3) is 2.22. The highest BCUT2D eigenvalue weighted by Crippen LogP contribution is 2.12. The molecule has 0 aromatic carbocycles. The highest BCUT2D eigenvalue weighted by molar-refractivity contribution is 4.98. The van der Waals surface area contributed by atoms with Crippen molar-refractivity contribution >= 4 is 0 Å². The highest BCUT2D eigenvalue weighted by atomic mass is 15.2. The number of rotatable bonds is 2. The van der Waals surface area contributed by atoms with Crippen molar-refractivity contribution in [1.29, 1.82) is 0 Å². The van der Waals surface area contributed by atoms with Crippen molar-refractivity contribution in [2.24, 2.45) is 5.92 Å². The lowest BCUT2D eigenvalue weighted by Gasteiger charge is -2.32. The van der Waals surface area contributed by atoms with Crippen LogP contribution < -0.4 is 5.32 Å². The molecule has 11 heavy (non-hydrogen) atoms. The van der Waals surface area contributed by atoms with Gasteiger partial charge in [-0.15, -0.1) is 0 Å². The van der Waals surface area contributed by atoms with E-state index in [1.165, 1.54) is 5.70 Å². The smallest absolute Gasteiger partial charge is 0.0300 e. The van der Waals surface area contributed by atoms with Crippen LogP contribution in [0.2, 0.25) is 0 Å². The number of nitrogens with zero attached hydrogens (tertiary/aromatic N) is 1. The lowest BCUT2D eigenvalue weighted by Crippen LogP contribution is -2.43. The average Bonchev–Trinajstić information content (AvgIpc) is 2.05. The summed E-state index contributed by atoms with van der Waals surface area (Å²) < 4.78 is 0. The molecule has 0 saturated carbocycles. The molecule has 1 saturated heterocycles. The molecular weight excluding hydrogens is 136 g/mol. The summed E-state index contributed by atoms with van der Waals surface area (Å²) in [6.45, 7) is 12.9. The van der Waals surface area contributed by atoms with E-state index in [0.717, 1.165) is 26.2 Å². The van der Waals surface area contributed by atoms with Crippen LogP contribution >= 0.6 is 0 Å². The van der Waals surface area contributed by atoms with Gasteiger partial charge in [-0.2, -0.15) is 0 Å². The van der Waals surface area contributed by atoms with Crippen LogP contribution in [-0.2, 0) is 0 Å². The van der Waals surface area contributed by atoms with Crippen LogP contribution in [0.1, 0.15) is 13.8 Å². The van der Waals surface area contributed by atoms with Gasteiger partial charge in [0, 0.05) is 31.9 Å². The van der Waals surface area contributed by atoms with Crippen LogP contribution in [0.5, 0.6) is 0 Å². The van der Waals surface area contributed by atoms with Crippen molar-refractivity contribution < 1.29 is 0 Å². The topological polar surface area (TPSA) is 15.3 Å². The van der Waals surface area contributed by atoms with Gasteiger partial charge in [0.1, 0.15) is 0 Å². The summed E-state index contributed by atoms with van der Waals surface area (Å²) in [7, 11) is 0. The first kappa shape index (κ1) is 8.60. The van der Waals surface area contributed by atoms with Crippen molar-refractivity contribution in [1.82, 2.24) is 10.2 Å². The van der Waals surface area contributed by atoms with Gasteiger partial charge >= 0.3 is 0 Å². The lowest BCUT2D eigenvalue weighted by atomic mass is 10.1. The Morgan fingerprint density at radius 1 is 1.36 bits per heavy atom. The fraction of sp³-hybridized carbons (Fsp3) is 0.778. The van der Waals surface area contributed by atoms with Gasteiger partial charge in [0.05, 0.1) is 0 Å². The van der Waals surface area contributed by atoms with Crippen molar-refractivity contribution in [3.63, 3.8) is 0 Å². The Labute approximate surface area is 69.3 Å². The van der Waals surface area contributed by atoms with E-state index in [2.05, 4.69) is 30.6 Å². The SMILES string of the molecule is C=C(C(C)C)N1CCNCC1. The maximum absolute atomic E-state index is 4.08. The molecule has 1 fully saturated rings. The molecule has 0 aliphatic carbocycles. The van der Waals surface area contributed by atoms with Gasteiger partial charge in [-0.3, -0.25) is 0 Å². The fourth-order valence-corrected chi connectivity index (χ4v) is 1.32. The molecule has 0 amide bonds. The number of hydrogen-bond acceptors (Lipinski definition) is 2. The van der Waals surface area contributed by atoms with Gasteiger partial charge < -0.3 is 10.2 Å². The Kier molecular flexibility index (Phi) is 2.94. The Morgan fingerprint density at radius 2 is 1.91 bits per heavy atom. The molecule has 1 N–H and O–H groups in total. The van der Waals surface area contributed by atoms with Crippen molar-refractivity contribution in [3.05, 3.63) is 12.3 Å². The molecule has 1 aliphatic rings. The van der Waals surface area contributed by atoms with E-state index in [4.69, 9.17) is 0 Å². The van der Waals surface area contributed by atoms with Gasteiger partial charge in [-0.1, -0.05) is 20.4 Å². The highest BCUT2D eigenvalue weighted by Gasteiger charge is 2.12. The molecule has 2 heteroatoms. The third-order valence-electron chi connectivity index (χ3n) is 2.19. The average molecular weight is 154 g/mol. The van der Waals surface area contributed by atoms with Gasteiger partial charge in [0.2, 0.25) is 0 Å². The predicted molar refractivity (Wildman–Crippen MR) is 48.4 cm³/mol. The minimum atomic E-state index is 0.591. The molecule has 1 aliphatic heterocycles. The van der Waals surface area contributed by atoms with Crippen LogP contribution in [-0.4, -0.2) is 31.1 Å². The predicted octanol–water partition coefficient (Wildman–Crippen LogP) is 1.06. The number of allylic oxidation sites excluding steroid dienone is 1. The molecule has 0 bridgehead atoms. The molecule has 0 radical (unpaired) electrons. The molecule has 1 heterocycles. The second-order valence-electron chi connectivity index (χ2n) is 3.38. The zero-order valence-electron chi connectivity index (χ0n) is 7.56. The lowest BCUT2D eigenvalue weighted by molar-refractivity contribution is 0.277. The van der Waals surface area contributed by atoms with E-state index < -0.39 is 0 Å². The van der Waals surface area contributed by atoms with Gasteiger partial charge in [0.15, 0.2) is 0 Å². The largest absolute Gasteiger partial charge is 0.373 e. The minimum absolute atomic E-state index is 0.591. The van der Waals surface area contributed by atoms with Crippen LogP contribution in [0.4, 0.5) is 0 Å². The fourth-order valence-electron chi connectivity index (χ4n) is 1.32. The summed E-state index contributed by atoms with van der Waals surface area (Å²) in [4.78, 5) is 2.38. The first-order valence-corrected chi connectivity index (χ1v) is 4.36. The monoisotopic (exact) mass is 154 g/mol. The zero-order valence-corrected chi connectivity index (χ0v) is 7.56. The number of hydrogen-bond donors (Lipinski definition) is 1. The molecule has 0 atom stereocenters. The maximum Gasteiger partial charge on any atom is 0.0300 e. The molecule has 2 nitrogen and oxygen atoms in total. The van der Waals surface area contributed by atoms with Crippen LogP contribution in [0, 0.1) is 5.92 Å². The summed E-state index contributed by atoms with van der Waals surface area (Å²) in [6, 6.07) is 0. The Hall–Kier alpha value is -0.500. The van der Waals surface area contributed by atoms with Crippen molar-refractivity contribution in [3.8, 4) is 0 Å². The Bertz CT molecular complexity index is 134. The zero-order chi connectivity index (χ0) is 8.27. The van der Waals surface area contributed by atoms with Crippen molar-refractivity contribution in [2.45, 2.75) is 13.8 Å². The van der Waals surface area contributed by atoms with Gasteiger partial charge in [0.25, 0.3) is 0 Å².